The van der Waals surface area contributed by atoms with Gasteiger partial charge in [-0.15, -0.1) is 0 Å². The third-order valence-electron chi connectivity index (χ3n) is 5.25. The third kappa shape index (κ3) is 1.64. The third-order valence-corrected chi connectivity index (χ3v) is 5.25. The van der Waals surface area contributed by atoms with E-state index in [4.69, 9.17) is 4.74 Å². The Morgan fingerprint density at radius 2 is 1.82 bits per heavy atom. The number of benzene rings is 2. The Morgan fingerprint density at radius 3 is 2.59 bits per heavy atom. The van der Waals surface area contributed by atoms with Crippen molar-refractivity contribution in [3.63, 3.8) is 0 Å². The molecule has 2 aliphatic carbocycles. The van der Waals surface area contributed by atoms with Crippen LogP contribution < -0.4 is 0 Å². The van der Waals surface area contributed by atoms with Gasteiger partial charge in [0.25, 0.3) is 0 Å². The highest BCUT2D eigenvalue weighted by atomic mass is 16.5. The van der Waals surface area contributed by atoms with E-state index >= 15 is 0 Å². The van der Waals surface area contributed by atoms with E-state index in [9.17, 15) is 4.79 Å². The van der Waals surface area contributed by atoms with Crippen LogP contribution in [0, 0.1) is 5.92 Å². The first-order valence-electron chi connectivity index (χ1n) is 7.68. The average Bonchev–Trinajstić information content (AvgIpc) is 2.56. The molecule has 1 saturated carbocycles. The molecule has 3 atom stereocenters. The molecule has 0 saturated heterocycles. The van der Waals surface area contributed by atoms with Gasteiger partial charge in [0, 0.05) is 5.92 Å². The van der Waals surface area contributed by atoms with E-state index in [1.165, 1.54) is 12.7 Å². The molecule has 2 heteroatoms. The highest BCUT2D eigenvalue weighted by Gasteiger charge is 2.61. The first kappa shape index (κ1) is 13.3. The van der Waals surface area contributed by atoms with Gasteiger partial charge in [0.2, 0.25) is 0 Å². The summed E-state index contributed by atoms with van der Waals surface area (Å²) in [4.78, 5) is 12.6. The lowest BCUT2D eigenvalue weighted by atomic mass is 9.47. The van der Waals surface area contributed by atoms with Crippen molar-refractivity contribution >= 4 is 12.0 Å². The molecule has 2 aliphatic rings. The lowest BCUT2D eigenvalue weighted by Gasteiger charge is -2.54. The molecule has 0 spiro atoms. The molecule has 0 radical (unpaired) electrons. The first-order valence-corrected chi connectivity index (χ1v) is 7.68. The highest BCUT2D eigenvalue weighted by molar-refractivity contribution is 5.89. The predicted octanol–water partition coefficient (Wildman–Crippen LogP) is 3.93. The number of ether oxygens (including phenoxy) is 1. The summed E-state index contributed by atoms with van der Waals surface area (Å²) in [5, 5.41) is 0. The number of hydrogen-bond donors (Lipinski definition) is 0. The van der Waals surface area contributed by atoms with Crippen molar-refractivity contribution in [3.05, 3.63) is 77.4 Å². The van der Waals surface area contributed by atoms with E-state index in [2.05, 4.69) is 48.6 Å². The fourth-order valence-corrected chi connectivity index (χ4v) is 4.17. The monoisotopic (exact) mass is 290 g/mol. The molecule has 2 aromatic rings. The van der Waals surface area contributed by atoms with Crippen molar-refractivity contribution in [1.29, 1.82) is 0 Å². The minimum Gasteiger partial charge on any atom is -0.468 e. The Bertz CT molecular complexity index is 747. The molecule has 4 rings (SSSR count). The summed E-state index contributed by atoms with van der Waals surface area (Å²) in [5.41, 5.74) is 3.04. The zero-order valence-electron chi connectivity index (χ0n) is 12.5. The molecule has 0 bridgehead atoms. The number of carbonyl (C=O) groups is 1. The summed E-state index contributed by atoms with van der Waals surface area (Å²) >= 11 is 0. The van der Waals surface area contributed by atoms with E-state index in [1.54, 1.807) is 0 Å². The van der Waals surface area contributed by atoms with Crippen molar-refractivity contribution in [2.45, 2.75) is 17.8 Å². The molecular weight excluding hydrogens is 272 g/mol. The number of rotatable bonds is 2. The lowest BCUT2D eigenvalue weighted by Crippen LogP contribution is -2.56. The van der Waals surface area contributed by atoms with Crippen LogP contribution in [0.25, 0.3) is 6.08 Å². The zero-order chi connectivity index (χ0) is 15.2. The molecule has 0 aliphatic heterocycles. The summed E-state index contributed by atoms with van der Waals surface area (Å²) in [7, 11) is 1.49. The van der Waals surface area contributed by atoms with E-state index in [-0.39, 0.29) is 11.9 Å². The lowest BCUT2D eigenvalue weighted by molar-refractivity contribution is -0.155. The van der Waals surface area contributed by atoms with Crippen LogP contribution >= 0.6 is 0 Å². The predicted molar refractivity (Wildman–Crippen MR) is 86.5 cm³/mol. The van der Waals surface area contributed by atoms with Crippen LogP contribution in [0.4, 0.5) is 0 Å². The van der Waals surface area contributed by atoms with E-state index in [0.717, 1.165) is 17.5 Å². The van der Waals surface area contributed by atoms with Crippen molar-refractivity contribution in [1.82, 2.24) is 0 Å². The fraction of sp³-hybridized carbons (Fsp3) is 0.250. The number of esters is 1. The zero-order valence-corrected chi connectivity index (χ0v) is 12.5. The Kier molecular flexibility index (Phi) is 2.93. The van der Waals surface area contributed by atoms with Crippen LogP contribution in [-0.4, -0.2) is 13.1 Å². The summed E-state index contributed by atoms with van der Waals surface area (Å²) in [5.74, 6) is 0.448. The molecule has 1 fully saturated rings. The van der Waals surface area contributed by atoms with Crippen LogP contribution in [0.1, 0.15) is 29.0 Å². The number of hydrogen-bond acceptors (Lipinski definition) is 2. The van der Waals surface area contributed by atoms with Gasteiger partial charge in [-0.05, 0) is 29.0 Å². The van der Waals surface area contributed by atoms with Gasteiger partial charge >= 0.3 is 5.97 Å². The number of fused-ring (bicyclic) bond motifs is 3. The molecule has 0 aromatic heterocycles. The summed E-state index contributed by atoms with van der Waals surface area (Å²) < 4.78 is 5.18. The van der Waals surface area contributed by atoms with Gasteiger partial charge in [-0.1, -0.05) is 66.7 Å². The minimum atomic E-state index is -0.513. The van der Waals surface area contributed by atoms with E-state index < -0.39 is 5.41 Å². The SMILES string of the molecule is COC(=O)[C@]12C[C@@H](c3ccccc3)C1C=Cc1ccccc12. The Balaban J connectivity index is 1.81. The van der Waals surface area contributed by atoms with Crippen molar-refractivity contribution in [3.8, 4) is 0 Å². The molecule has 0 amide bonds. The molecule has 0 N–H and O–H groups in total. The number of carbonyl (C=O) groups excluding carboxylic acids is 1. The molecule has 2 aromatic carbocycles. The average molecular weight is 290 g/mol. The second kappa shape index (κ2) is 4.84. The Hall–Kier alpha value is -2.35. The van der Waals surface area contributed by atoms with Crippen LogP contribution in [0.3, 0.4) is 0 Å². The quantitative estimate of drug-likeness (QED) is 0.783. The van der Waals surface area contributed by atoms with Gasteiger partial charge < -0.3 is 4.74 Å². The number of methoxy groups -OCH3 is 1. The largest absolute Gasteiger partial charge is 0.468 e. The van der Waals surface area contributed by atoms with Crippen LogP contribution in [0.2, 0.25) is 0 Å². The second-order valence-electron chi connectivity index (χ2n) is 6.16. The Morgan fingerprint density at radius 1 is 1.09 bits per heavy atom. The van der Waals surface area contributed by atoms with Crippen LogP contribution in [0.5, 0.6) is 0 Å². The highest BCUT2D eigenvalue weighted by Crippen LogP contribution is 2.61. The topological polar surface area (TPSA) is 26.3 Å². The maximum Gasteiger partial charge on any atom is 0.316 e. The molecule has 0 heterocycles. The molecule has 1 unspecified atom stereocenters. The summed E-state index contributed by atoms with van der Waals surface area (Å²) in [6.45, 7) is 0. The minimum absolute atomic E-state index is 0.110. The Labute approximate surface area is 130 Å². The molecule has 110 valence electrons. The normalized spacial score (nSPS) is 28.2. The second-order valence-corrected chi connectivity index (χ2v) is 6.16. The summed E-state index contributed by atoms with van der Waals surface area (Å²) in [6.07, 6.45) is 5.16. The van der Waals surface area contributed by atoms with Gasteiger partial charge in [0.1, 0.15) is 5.41 Å². The maximum absolute atomic E-state index is 12.6. The van der Waals surface area contributed by atoms with E-state index in [0.29, 0.717) is 5.92 Å². The van der Waals surface area contributed by atoms with Gasteiger partial charge in [-0.2, -0.15) is 0 Å². The van der Waals surface area contributed by atoms with E-state index in [1.807, 2.05) is 18.2 Å². The van der Waals surface area contributed by atoms with Crippen LogP contribution in [-0.2, 0) is 14.9 Å². The standard InChI is InChI=1S/C20H18O2/c1-22-19(21)20-13-16(14-7-3-2-4-8-14)18(20)12-11-15-9-5-6-10-17(15)20/h2-12,16,18H,13H2,1H3/t16-,18?,20-/m0/s1. The van der Waals surface area contributed by atoms with Crippen molar-refractivity contribution in [2.24, 2.45) is 5.92 Å². The molecule has 22 heavy (non-hydrogen) atoms. The van der Waals surface area contributed by atoms with Gasteiger partial charge in [0.15, 0.2) is 0 Å². The van der Waals surface area contributed by atoms with Crippen molar-refractivity contribution in [2.75, 3.05) is 7.11 Å². The molecule has 2 nitrogen and oxygen atoms in total. The van der Waals surface area contributed by atoms with Gasteiger partial charge in [-0.3, -0.25) is 4.79 Å². The maximum atomic E-state index is 12.6. The fourth-order valence-electron chi connectivity index (χ4n) is 4.17. The number of allylic oxidation sites excluding steroid dienone is 1. The first-order chi connectivity index (χ1) is 10.8. The van der Waals surface area contributed by atoms with Gasteiger partial charge in [-0.25, -0.2) is 0 Å². The summed E-state index contributed by atoms with van der Waals surface area (Å²) in [6, 6.07) is 18.6. The smallest absolute Gasteiger partial charge is 0.316 e. The van der Waals surface area contributed by atoms with Crippen LogP contribution in [0.15, 0.2) is 60.7 Å². The van der Waals surface area contributed by atoms with Gasteiger partial charge in [0.05, 0.1) is 7.11 Å². The molecular formula is C20H18O2. The van der Waals surface area contributed by atoms with Crippen molar-refractivity contribution < 1.29 is 9.53 Å².